The molecule has 0 saturated carbocycles. The van der Waals surface area contributed by atoms with E-state index in [1.54, 1.807) is 24.1 Å². The van der Waals surface area contributed by atoms with E-state index in [1.807, 2.05) is 59.5 Å². The number of ether oxygens (including phenoxy) is 1. The maximum atomic E-state index is 13.3. The molecule has 0 N–H and O–H groups in total. The number of carbonyl (C=O) groups excluding carboxylic acids is 3. The number of aryl methyl sites for hydroxylation is 1. The molecule has 2 aliphatic rings. The van der Waals surface area contributed by atoms with Gasteiger partial charge in [0.05, 0.1) is 7.11 Å². The van der Waals surface area contributed by atoms with Crippen molar-refractivity contribution in [1.82, 2.24) is 9.80 Å². The highest BCUT2D eigenvalue weighted by atomic mass is 16.5. The van der Waals surface area contributed by atoms with Crippen LogP contribution in [0.4, 0.5) is 0 Å². The van der Waals surface area contributed by atoms with Crippen LogP contribution < -0.4 is 4.74 Å². The molecule has 0 bridgehead atoms. The van der Waals surface area contributed by atoms with Crippen LogP contribution >= 0.6 is 0 Å². The van der Waals surface area contributed by atoms with E-state index in [4.69, 9.17) is 4.74 Å². The van der Waals surface area contributed by atoms with Crippen LogP contribution in [-0.4, -0.2) is 60.7 Å². The maximum absolute atomic E-state index is 13.3. The van der Waals surface area contributed by atoms with Gasteiger partial charge in [-0.15, -0.1) is 0 Å². The van der Waals surface area contributed by atoms with Gasteiger partial charge in [0.25, 0.3) is 5.91 Å². The van der Waals surface area contributed by atoms with Crippen molar-refractivity contribution in [3.05, 3.63) is 89.0 Å². The third-order valence-electron chi connectivity index (χ3n) is 6.90. The van der Waals surface area contributed by atoms with Crippen molar-refractivity contribution in [2.45, 2.75) is 19.3 Å². The van der Waals surface area contributed by atoms with E-state index in [2.05, 4.69) is 0 Å². The molecule has 0 radical (unpaired) electrons. The third-order valence-corrected chi connectivity index (χ3v) is 6.90. The number of rotatable bonds is 5. The third kappa shape index (κ3) is 4.56. The summed E-state index contributed by atoms with van der Waals surface area (Å²) in [6, 6.07) is 20.7. The highest BCUT2D eigenvalue weighted by Gasteiger charge is 2.28. The first-order valence-corrected chi connectivity index (χ1v) is 12.0. The Kier molecular flexibility index (Phi) is 6.36. The molecule has 2 amide bonds. The van der Waals surface area contributed by atoms with Gasteiger partial charge in [0, 0.05) is 49.3 Å². The van der Waals surface area contributed by atoms with Gasteiger partial charge >= 0.3 is 0 Å². The van der Waals surface area contributed by atoms with E-state index < -0.39 is 0 Å². The Labute approximate surface area is 205 Å². The van der Waals surface area contributed by atoms with Gasteiger partial charge in [-0.05, 0) is 53.8 Å². The zero-order valence-electron chi connectivity index (χ0n) is 19.8. The van der Waals surface area contributed by atoms with Crippen molar-refractivity contribution in [1.29, 1.82) is 0 Å². The van der Waals surface area contributed by atoms with Gasteiger partial charge in [-0.1, -0.05) is 42.5 Å². The zero-order valence-corrected chi connectivity index (χ0v) is 19.8. The average molecular weight is 469 g/mol. The fourth-order valence-corrected chi connectivity index (χ4v) is 4.92. The molecule has 0 aromatic heterocycles. The Bertz CT molecular complexity index is 1280. The summed E-state index contributed by atoms with van der Waals surface area (Å²) in [5, 5.41) is 0. The van der Waals surface area contributed by atoms with E-state index in [1.165, 1.54) is 0 Å². The van der Waals surface area contributed by atoms with Gasteiger partial charge < -0.3 is 14.5 Å². The van der Waals surface area contributed by atoms with Gasteiger partial charge in [0.15, 0.2) is 5.78 Å². The lowest BCUT2D eigenvalue weighted by Crippen LogP contribution is -2.37. The number of hydrogen-bond acceptors (Lipinski definition) is 4. The summed E-state index contributed by atoms with van der Waals surface area (Å²) in [4.78, 5) is 42.6. The maximum Gasteiger partial charge on any atom is 0.253 e. The molecular formula is C29H28N2O4. The second kappa shape index (κ2) is 9.74. The molecular weight excluding hydrogens is 440 g/mol. The predicted molar refractivity (Wildman–Crippen MR) is 134 cm³/mol. The Morgan fingerprint density at radius 2 is 1.49 bits per heavy atom. The molecule has 0 atom stereocenters. The van der Waals surface area contributed by atoms with Gasteiger partial charge in [-0.2, -0.15) is 0 Å². The van der Waals surface area contributed by atoms with E-state index in [9.17, 15) is 14.4 Å². The van der Waals surface area contributed by atoms with Crippen LogP contribution in [0.3, 0.4) is 0 Å². The number of nitrogens with zero attached hydrogens (tertiary/aromatic N) is 2. The lowest BCUT2D eigenvalue weighted by Gasteiger charge is -2.22. The summed E-state index contributed by atoms with van der Waals surface area (Å²) in [6.07, 6.45) is 1.84. The largest absolute Gasteiger partial charge is 0.497 e. The molecule has 5 rings (SSSR count). The van der Waals surface area contributed by atoms with Gasteiger partial charge in [-0.25, -0.2) is 0 Å². The molecule has 1 saturated heterocycles. The van der Waals surface area contributed by atoms with Crippen molar-refractivity contribution in [2.24, 2.45) is 0 Å². The lowest BCUT2D eigenvalue weighted by molar-refractivity contribution is -0.131. The van der Waals surface area contributed by atoms with Crippen LogP contribution in [0, 0.1) is 0 Å². The number of methoxy groups -OCH3 is 1. The Balaban J connectivity index is 1.20. The molecule has 1 fully saturated rings. The van der Waals surface area contributed by atoms with Crippen molar-refractivity contribution in [3.8, 4) is 16.9 Å². The summed E-state index contributed by atoms with van der Waals surface area (Å²) >= 11 is 0. The molecule has 1 heterocycles. The quantitative estimate of drug-likeness (QED) is 0.440. The first-order chi connectivity index (χ1) is 17.0. The fraction of sp³-hybridized carbons (Fsp3) is 0.276. The van der Waals surface area contributed by atoms with Crippen molar-refractivity contribution >= 4 is 17.6 Å². The molecule has 35 heavy (non-hydrogen) atoms. The molecule has 6 heteroatoms. The number of benzene rings is 3. The SMILES string of the molecule is COc1ccc(CCC(=O)N2CCCN(C(=O)c3ccc4c(c3)C(=O)c3ccccc3-4)CC2)cc1. The van der Waals surface area contributed by atoms with Gasteiger partial charge in [0.2, 0.25) is 5.91 Å². The minimum Gasteiger partial charge on any atom is -0.497 e. The minimum atomic E-state index is -0.0934. The number of carbonyl (C=O) groups is 3. The molecule has 1 aliphatic carbocycles. The summed E-state index contributed by atoms with van der Waals surface area (Å²) in [5.41, 5.74) is 4.69. The van der Waals surface area contributed by atoms with Crippen molar-refractivity contribution in [2.75, 3.05) is 33.3 Å². The van der Waals surface area contributed by atoms with Crippen LogP contribution in [0.1, 0.15) is 44.7 Å². The van der Waals surface area contributed by atoms with E-state index in [0.717, 1.165) is 28.9 Å². The summed E-state index contributed by atoms with van der Waals surface area (Å²) in [7, 11) is 1.63. The molecule has 6 nitrogen and oxygen atoms in total. The number of amides is 2. The second-order valence-electron chi connectivity index (χ2n) is 9.01. The average Bonchev–Trinajstić information content (AvgIpc) is 3.04. The Hall–Kier alpha value is -3.93. The zero-order chi connectivity index (χ0) is 24.4. The summed E-state index contributed by atoms with van der Waals surface area (Å²) < 4.78 is 5.18. The summed E-state index contributed by atoms with van der Waals surface area (Å²) in [5.74, 6) is 0.782. The monoisotopic (exact) mass is 468 g/mol. The van der Waals surface area contributed by atoms with E-state index in [-0.39, 0.29) is 17.6 Å². The molecule has 3 aromatic carbocycles. The lowest BCUT2D eigenvalue weighted by atomic mass is 10.0. The number of hydrogen-bond donors (Lipinski definition) is 0. The highest BCUT2D eigenvalue weighted by Crippen LogP contribution is 2.36. The van der Waals surface area contributed by atoms with Crippen LogP contribution in [0.2, 0.25) is 0 Å². The van der Waals surface area contributed by atoms with Gasteiger partial charge in [0.1, 0.15) is 5.75 Å². The smallest absolute Gasteiger partial charge is 0.253 e. The van der Waals surface area contributed by atoms with Crippen LogP contribution in [0.15, 0.2) is 66.7 Å². The molecule has 1 aliphatic heterocycles. The van der Waals surface area contributed by atoms with Crippen molar-refractivity contribution in [3.63, 3.8) is 0 Å². The number of ketones is 1. The normalized spacial score (nSPS) is 14.8. The molecule has 0 unspecified atom stereocenters. The van der Waals surface area contributed by atoms with Crippen LogP contribution in [-0.2, 0) is 11.2 Å². The highest BCUT2D eigenvalue weighted by molar-refractivity contribution is 6.22. The number of fused-ring (bicyclic) bond motifs is 3. The van der Waals surface area contributed by atoms with Gasteiger partial charge in [-0.3, -0.25) is 14.4 Å². The Morgan fingerprint density at radius 3 is 2.26 bits per heavy atom. The second-order valence-corrected chi connectivity index (χ2v) is 9.01. The molecule has 3 aromatic rings. The molecule has 0 spiro atoms. The first kappa shape index (κ1) is 22.8. The Morgan fingerprint density at radius 1 is 0.800 bits per heavy atom. The first-order valence-electron chi connectivity index (χ1n) is 12.0. The topological polar surface area (TPSA) is 66.9 Å². The van der Waals surface area contributed by atoms with E-state index >= 15 is 0 Å². The minimum absolute atomic E-state index is 0.0326. The van der Waals surface area contributed by atoms with Crippen LogP contribution in [0.5, 0.6) is 5.75 Å². The summed E-state index contributed by atoms with van der Waals surface area (Å²) in [6.45, 7) is 2.23. The van der Waals surface area contributed by atoms with Crippen LogP contribution in [0.25, 0.3) is 11.1 Å². The predicted octanol–water partition coefficient (Wildman–Crippen LogP) is 4.21. The fourth-order valence-electron chi connectivity index (χ4n) is 4.92. The van der Waals surface area contributed by atoms with Crippen molar-refractivity contribution < 1.29 is 19.1 Å². The standard InChI is InChI=1S/C29H28N2O4/c1-35-22-11-7-20(8-12-22)9-14-27(32)30-15-4-16-31(18-17-30)29(34)21-10-13-24-23-5-2-3-6-25(23)28(33)26(24)19-21/h2-3,5-8,10-13,19H,4,9,14-18H2,1H3. The molecule has 178 valence electrons. The van der Waals surface area contributed by atoms with E-state index in [0.29, 0.717) is 55.7 Å².